The summed E-state index contributed by atoms with van der Waals surface area (Å²) in [5, 5.41) is 11.7. The van der Waals surface area contributed by atoms with Gasteiger partial charge in [-0.25, -0.2) is 4.98 Å². The van der Waals surface area contributed by atoms with Crippen LogP contribution in [-0.4, -0.2) is 16.7 Å². The lowest BCUT2D eigenvalue weighted by atomic mass is 10.0. The van der Waals surface area contributed by atoms with Crippen molar-refractivity contribution in [2.45, 2.75) is 39.4 Å². The molecule has 14 heavy (non-hydrogen) atoms. The largest absolute Gasteiger partial charge is 0.390 e. The Balaban J connectivity index is 2.87. The van der Waals surface area contributed by atoms with Gasteiger partial charge in [0.25, 0.3) is 0 Å². The molecule has 0 aromatic carbocycles. The van der Waals surface area contributed by atoms with E-state index in [1.807, 2.05) is 19.2 Å². The zero-order valence-electron chi connectivity index (χ0n) is 8.91. The zero-order chi connectivity index (χ0) is 10.6. The van der Waals surface area contributed by atoms with E-state index in [2.05, 4.69) is 11.9 Å². The summed E-state index contributed by atoms with van der Waals surface area (Å²) in [5.74, 6) is 0. The summed E-state index contributed by atoms with van der Waals surface area (Å²) in [4.78, 5) is 4.33. The third-order valence-corrected chi connectivity index (χ3v) is 3.44. The molecule has 0 spiro atoms. The molecule has 1 rings (SSSR count). The molecule has 1 atom stereocenters. The number of aliphatic hydroxyl groups excluding tert-OH is 1. The predicted octanol–water partition coefficient (Wildman–Crippen LogP) is 2.30. The molecule has 1 heterocycles. The number of thiazole rings is 1. The second-order valence-electron chi connectivity index (χ2n) is 3.32. The maximum atomic E-state index is 8.92. The summed E-state index contributed by atoms with van der Waals surface area (Å²) < 4.78 is 5.69. The van der Waals surface area contributed by atoms with Crippen LogP contribution in [0.2, 0.25) is 0 Å². The van der Waals surface area contributed by atoms with Gasteiger partial charge in [-0.3, -0.25) is 0 Å². The topological polar surface area (TPSA) is 42.4 Å². The fraction of sp³-hybridized carbons (Fsp3) is 0.700. The number of nitrogens with zero attached hydrogens (tertiary/aromatic N) is 1. The first-order valence-electron chi connectivity index (χ1n) is 4.86. The SMILES string of the molecule is CCOC(C)(CC)c1nc(CO)cs1. The Kier molecular flexibility index (Phi) is 4.04. The lowest BCUT2D eigenvalue weighted by molar-refractivity contribution is -0.0326. The van der Waals surface area contributed by atoms with E-state index >= 15 is 0 Å². The molecule has 0 aliphatic heterocycles. The van der Waals surface area contributed by atoms with E-state index in [9.17, 15) is 0 Å². The van der Waals surface area contributed by atoms with E-state index in [4.69, 9.17) is 9.84 Å². The molecule has 1 N–H and O–H groups in total. The molecule has 1 aromatic rings. The highest BCUT2D eigenvalue weighted by atomic mass is 32.1. The Morgan fingerprint density at radius 3 is 2.71 bits per heavy atom. The van der Waals surface area contributed by atoms with Gasteiger partial charge in [-0.05, 0) is 20.3 Å². The number of hydrogen-bond donors (Lipinski definition) is 1. The molecule has 0 aliphatic rings. The predicted molar refractivity (Wildman–Crippen MR) is 57.3 cm³/mol. The van der Waals surface area contributed by atoms with Crippen LogP contribution in [0, 0.1) is 0 Å². The smallest absolute Gasteiger partial charge is 0.125 e. The molecule has 3 nitrogen and oxygen atoms in total. The molecule has 4 heteroatoms. The number of hydrogen-bond acceptors (Lipinski definition) is 4. The average Bonchev–Trinajstić information content (AvgIpc) is 2.66. The fourth-order valence-corrected chi connectivity index (χ4v) is 2.25. The van der Waals surface area contributed by atoms with Crippen LogP contribution >= 0.6 is 11.3 Å². The van der Waals surface area contributed by atoms with Gasteiger partial charge in [-0.15, -0.1) is 11.3 Å². The van der Waals surface area contributed by atoms with Crippen LogP contribution in [-0.2, 0) is 16.9 Å². The summed E-state index contributed by atoms with van der Waals surface area (Å²) in [6, 6.07) is 0. The molecule has 0 radical (unpaired) electrons. The van der Waals surface area contributed by atoms with Gasteiger partial charge in [0.1, 0.15) is 10.6 Å². The lowest BCUT2D eigenvalue weighted by Crippen LogP contribution is -2.24. The highest BCUT2D eigenvalue weighted by Gasteiger charge is 2.28. The minimum atomic E-state index is -0.299. The molecule has 0 saturated carbocycles. The van der Waals surface area contributed by atoms with Crippen molar-refractivity contribution in [3.05, 3.63) is 16.1 Å². The van der Waals surface area contributed by atoms with E-state index < -0.39 is 0 Å². The standard InChI is InChI=1S/C10H17NO2S/c1-4-10(3,13-5-2)9-11-8(6-12)7-14-9/h7,12H,4-6H2,1-3H3. The maximum Gasteiger partial charge on any atom is 0.125 e. The first-order chi connectivity index (χ1) is 6.66. The second-order valence-corrected chi connectivity index (χ2v) is 4.18. The number of aliphatic hydroxyl groups is 1. The van der Waals surface area contributed by atoms with Gasteiger partial charge in [0.2, 0.25) is 0 Å². The molecule has 80 valence electrons. The Labute approximate surface area is 88.8 Å². The number of rotatable bonds is 5. The zero-order valence-corrected chi connectivity index (χ0v) is 9.73. The van der Waals surface area contributed by atoms with E-state index in [0.717, 1.165) is 17.1 Å². The third kappa shape index (κ3) is 2.32. The summed E-state index contributed by atoms with van der Waals surface area (Å²) in [7, 11) is 0. The van der Waals surface area contributed by atoms with E-state index in [-0.39, 0.29) is 12.2 Å². The normalized spacial score (nSPS) is 15.4. The van der Waals surface area contributed by atoms with Crippen LogP contribution in [0.25, 0.3) is 0 Å². The molecule has 0 saturated heterocycles. The molecule has 0 fully saturated rings. The van der Waals surface area contributed by atoms with Crippen molar-refractivity contribution < 1.29 is 9.84 Å². The van der Waals surface area contributed by atoms with Gasteiger partial charge >= 0.3 is 0 Å². The van der Waals surface area contributed by atoms with Crippen molar-refractivity contribution in [3.8, 4) is 0 Å². The maximum absolute atomic E-state index is 8.92. The quantitative estimate of drug-likeness (QED) is 0.819. The second kappa shape index (κ2) is 4.87. The molecule has 0 bridgehead atoms. The van der Waals surface area contributed by atoms with Crippen molar-refractivity contribution >= 4 is 11.3 Å². The van der Waals surface area contributed by atoms with Crippen molar-refractivity contribution in [2.24, 2.45) is 0 Å². The molecular weight excluding hydrogens is 198 g/mol. The number of aromatic nitrogens is 1. The van der Waals surface area contributed by atoms with Gasteiger partial charge < -0.3 is 9.84 Å². The summed E-state index contributed by atoms with van der Waals surface area (Å²) in [5.41, 5.74) is 0.428. The van der Waals surface area contributed by atoms with Gasteiger partial charge in [0.05, 0.1) is 12.3 Å². The van der Waals surface area contributed by atoms with Gasteiger partial charge in [0.15, 0.2) is 0 Å². The summed E-state index contributed by atoms with van der Waals surface area (Å²) >= 11 is 1.55. The Morgan fingerprint density at radius 1 is 1.57 bits per heavy atom. The van der Waals surface area contributed by atoms with Crippen LogP contribution in [0.1, 0.15) is 37.9 Å². The molecule has 0 aliphatic carbocycles. The van der Waals surface area contributed by atoms with Crippen molar-refractivity contribution in [3.63, 3.8) is 0 Å². The van der Waals surface area contributed by atoms with E-state index in [0.29, 0.717) is 6.61 Å². The van der Waals surface area contributed by atoms with Crippen molar-refractivity contribution in [1.82, 2.24) is 4.98 Å². The van der Waals surface area contributed by atoms with Gasteiger partial charge in [0, 0.05) is 12.0 Å². The van der Waals surface area contributed by atoms with Crippen LogP contribution in [0.5, 0.6) is 0 Å². The first-order valence-corrected chi connectivity index (χ1v) is 5.74. The fourth-order valence-electron chi connectivity index (χ4n) is 1.26. The molecule has 1 unspecified atom stereocenters. The molecule has 1 aromatic heterocycles. The minimum Gasteiger partial charge on any atom is -0.390 e. The Hall–Kier alpha value is -0.450. The van der Waals surface area contributed by atoms with Crippen LogP contribution < -0.4 is 0 Å². The summed E-state index contributed by atoms with van der Waals surface area (Å²) in [6.07, 6.45) is 0.888. The molecular formula is C10H17NO2S. The monoisotopic (exact) mass is 215 g/mol. The first kappa shape index (κ1) is 11.6. The van der Waals surface area contributed by atoms with Crippen LogP contribution in [0.4, 0.5) is 0 Å². The van der Waals surface area contributed by atoms with Crippen LogP contribution in [0.3, 0.4) is 0 Å². The van der Waals surface area contributed by atoms with Crippen LogP contribution in [0.15, 0.2) is 5.38 Å². The van der Waals surface area contributed by atoms with Gasteiger partial charge in [-0.2, -0.15) is 0 Å². The van der Waals surface area contributed by atoms with E-state index in [1.54, 1.807) is 11.3 Å². The van der Waals surface area contributed by atoms with Crippen molar-refractivity contribution in [1.29, 1.82) is 0 Å². The van der Waals surface area contributed by atoms with E-state index in [1.165, 1.54) is 0 Å². The Morgan fingerprint density at radius 2 is 2.29 bits per heavy atom. The molecule has 0 amide bonds. The minimum absolute atomic E-state index is 0.00240. The highest BCUT2D eigenvalue weighted by molar-refractivity contribution is 7.09. The summed E-state index contributed by atoms with van der Waals surface area (Å²) in [6.45, 7) is 6.78. The van der Waals surface area contributed by atoms with Crippen molar-refractivity contribution in [2.75, 3.05) is 6.61 Å². The lowest BCUT2D eigenvalue weighted by Gasteiger charge is -2.25. The number of ether oxygens (including phenoxy) is 1. The van der Waals surface area contributed by atoms with Gasteiger partial charge in [-0.1, -0.05) is 6.92 Å². The Bertz CT molecular complexity index is 287. The third-order valence-electron chi connectivity index (χ3n) is 2.30. The highest BCUT2D eigenvalue weighted by Crippen LogP contribution is 2.31. The average molecular weight is 215 g/mol.